The zero-order valence-corrected chi connectivity index (χ0v) is 20.8. The Hall–Kier alpha value is -2.77. The summed E-state index contributed by atoms with van der Waals surface area (Å²) in [7, 11) is 0. The first kappa shape index (κ1) is 23.4. The molecule has 1 saturated heterocycles. The van der Waals surface area contributed by atoms with E-state index in [4.69, 9.17) is 17.2 Å². The maximum Gasteiger partial charge on any atom is 0.275 e. The number of carbonyl (C=O) groups excluding carboxylic acids is 1. The lowest BCUT2D eigenvalue weighted by atomic mass is 9.98. The smallest absolute Gasteiger partial charge is 0.275 e. The minimum atomic E-state index is -0.166. The van der Waals surface area contributed by atoms with Gasteiger partial charge >= 0.3 is 0 Å². The van der Waals surface area contributed by atoms with E-state index < -0.39 is 0 Å². The molecule has 3 aromatic rings. The zero-order valence-electron chi connectivity index (χ0n) is 19.1. The van der Waals surface area contributed by atoms with Crippen LogP contribution in [-0.2, 0) is 6.42 Å². The van der Waals surface area contributed by atoms with Gasteiger partial charge in [0, 0.05) is 42.2 Å². The molecule has 1 aliphatic rings. The van der Waals surface area contributed by atoms with Gasteiger partial charge in [0.05, 0.1) is 5.01 Å². The van der Waals surface area contributed by atoms with E-state index in [0.717, 1.165) is 65.8 Å². The maximum atomic E-state index is 13.0. The van der Waals surface area contributed by atoms with Crippen LogP contribution in [0, 0.1) is 0 Å². The van der Waals surface area contributed by atoms with Gasteiger partial charge in [0.2, 0.25) is 0 Å². The molecule has 1 aliphatic heterocycles. The molecule has 5 nitrogen and oxygen atoms in total. The number of thiazole rings is 1. The number of piperidine rings is 1. The van der Waals surface area contributed by atoms with Crippen molar-refractivity contribution in [1.82, 2.24) is 15.2 Å². The molecule has 2 aromatic carbocycles. The van der Waals surface area contributed by atoms with Crippen molar-refractivity contribution in [3.8, 4) is 11.1 Å². The molecule has 4 rings (SSSR count). The molecule has 0 spiro atoms. The van der Waals surface area contributed by atoms with Crippen LogP contribution in [-0.4, -0.2) is 40.5 Å². The van der Waals surface area contributed by atoms with Crippen molar-refractivity contribution in [2.75, 3.05) is 25.0 Å². The van der Waals surface area contributed by atoms with Crippen LogP contribution in [0.25, 0.3) is 11.1 Å². The molecular weight excluding hydrogens is 448 g/mol. The van der Waals surface area contributed by atoms with Gasteiger partial charge in [-0.15, -0.1) is 11.3 Å². The minimum absolute atomic E-state index is 0.166. The van der Waals surface area contributed by atoms with E-state index >= 15 is 0 Å². The molecule has 2 N–H and O–H groups in total. The van der Waals surface area contributed by atoms with Crippen LogP contribution >= 0.6 is 23.6 Å². The van der Waals surface area contributed by atoms with E-state index in [1.165, 1.54) is 5.56 Å². The summed E-state index contributed by atoms with van der Waals surface area (Å²) in [5, 5.41) is 10.0. The molecule has 1 fully saturated rings. The number of anilines is 1. The van der Waals surface area contributed by atoms with Crippen LogP contribution in [0.3, 0.4) is 0 Å². The highest BCUT2D eigenvalue weighted by atomic mass is 32.1. The summed E-state index contributed by atoms with van der Waals surface area (Å²) in [4.78, 5) is 19.9. The van der Waals surface area contributed by atoms with E-state index in [9.17, 15) is 4.79 Å². The highest BCUT2D eigenvalue weighted by molar-refractivity contribution is 7.80. The summed E-state index contributed by atoms with van der Waals surface area (Å²) >= 11 is 7.02. The minimum Gasteiger partial charge on any atom is -0.363 e. The highest BCUT2D eigenvalue weighted by Crippen LogP contribution is 2.32. The molecular formula is C26H30N4OS2. The van der Waals surface area contributed by atoms with Gasteiger partial charge in [-0.2, -0.15) is 0 Å². The number of amides is 1. The van der Waals surface area contributed by atoms with Crippen molar-refractivity contribution in [3.05, 3.63) is 70.2 Å². The van der Waals surface area contributed by atoms with Gasteiger partial charge in [0.1, 0.15) is 5.69 Å². The van der Waals surface area contributed by atoms with Gasteiger partial charge in [0.15, 0.2) is 5.11 Å². The van der Waals surface area contributed by atoms with Gasteiger partial charge in [-0.05, 0) is 55.6 Å². The second-order valence-electron chi connectivity index (χ2n) is 8.22. The Bertz CT molecular complexity index is 1100. The number of carbonyl (C=O) groups is 1. The van der Waals surface area contributed by atoms with Gasteiger partial charge in [-0.25, -0.2) is 4.98 Å². The Morgan fingerprint density at radius 3 is 2.55 bits per heavy atom. The number of aryl methyl sites for hydroxylation is 1. The topological polar surface area (TPSA) is 57.3 Å². The summed E-state index contributed by atoms with van der Waals surface area (Å²) in [5.74, 6) is 0.211. The van der Waals surface area contributed by atoms with Crippen molar-refractivity contribution in [1.29, 1.82) is 0 Å². The van der Waals surface area contributed by atoms with Crippen LogP contribution in [0.4, 0.5) is 5.69 Å². The first-order valence-corrected chi connectivity index (χ1v) is 12.9. The maximum absolute atomic E-state index is 13.0. The molecule has 0 saturated carbocycles. The highest BCUT2D eigenvalue weighted by Gasteiger charge is 2.25. The molecule has 1 aromatic heterocycles. The normalized spacial score (nSPS) is 14.2. The van der Waals surface area contributed by atoms with Gasteiger partial charge in [-0.1, -0.05) is 49.4 Å². The molecule has 0 unspecified atom stereocenters. The molecule has 0 radical (unpaired) electrons. The average Bonchev–Trinajstić information content (AvgIpc) is 3.35. The number of nitrogens with one attached hydrogen (secondary N) is 2. The molecule has 0 bridgehead atoms. The standard InChI is InChI=1S/C26H30N4OS2/c1-3-18-9-11-19(12-10-18)21-7-5-6-8-22(21)28-24(31)23-17-33-25(29-23)20-13-15-30(16-14-20)26(32)27-4-2/h5-12,17,20H,3-4,13-16H2,1-2H3,(H,27,32)(H,28,31). The van der Waals surface area contributed by atoms with Gasteiger partial charge in [-0.3, -0.25) is 4.79 Å². The predicted octanol–water partition coefficient (Wildman–Crippen LogP) is 5.70. The fourth-order valence-electron chi connectivity index (χ4n) is 4.12. The number of nitrogens with zero attached hydrogens (tertiary/aromatic N) is 2. The summed E-state index contributed by atoms with van der Waals surface area (Å²) < 4.78 is 0. The fourth-order valence-corrected chi connectivity index (χ4v) is 5.42. The molecule has 7 heteroatoms. The van der Waals surface area contributed by atoms with Gasteiger partial charge in [0.25, 0.3) is 5.91 Å². The SMILES string of the molecule is CCNC(=S)N1CCC(c2nc(C(=O)Nc3ccccc3-c3ccc(CC)cc3)cs2)CC1. The van der Waals surface area contributed by atoms with E-state index in [2.05, 4.69) is 53.6 Å². The third kappa shape index (κ3) is 5.60. The summed E-state index contributed by atoms with van der Waals surface area (Å²) in [5.41, 5.74) is 4.67. The summed E-state index contributed by atoms with van der Waals surface area (Å²) in [6.45, 7) is 6.88. The number of benzene rings is 2. The Kier molecular flexibility index (Phi) is 7.73. The van der Waals surface area contributed by atoms with E-state index in [-0.39, 0.29) is 5.91 Å². The monoisotopic (exact) mass is 478 g/mol. The quantitative estimate of drug-likeness (QED) is 0.445. The lowest BCUT2D eigenvalue weighted by Gasteiger charge is -2.33. The molecule has 1 amide bonds. The fraction of sp³-hybridized carbons (Fsp3) is 0.346. The van der Waals surface area contributed by atoms with Gasteiger partial charge < -0.3 is 15.5 Å². The number of thiocarbonyl (C=S) groups is 1. The molecule has 0 aliphatic carbocycles. The van der Waals surface area contributed by atoms with E-state index in [1.54, 1.807) is 11.3 Å². The molecule has 2 heterocycles. The van der Waals surface area contributed by atoms with Crippen molar-refractivity contribution in [2.24, 2.45) is 0 Å². The lowest BCUT2D eigenvalue weighted by molar-refractivity contribution is 0.102. The number of rotatable bonds is 6. The number of hydrogen-bond acceptors (Lipinski definition) is 4. The summed E-state index contributed by atoms with van der Waals surface area (Å²) in [6, 6.07) is 16.4. The Balaban J connectivity index is 1.42. The molecule has 33 heavy (non-hydrogen) atoms. The van der Waals surface area contributed by atoms with Crippen LogP contribution in [0.5, 0.6) is 0 Å². The number of hydrogen-bond donors (Lipinski definition) is 2. The molecule has 0 atom stereocenters. The second kappa shape index (κ2) is 10.9. The summed E-state index contributed by atoms with van der Waals surface area (Å²) in [6.07, 6.45) is 3.00. The Morgan fingerprint density at radius 1 is 1.12 bits per heavy atom. The second-order valence-corrected chi connectivity index (χ2v) is 9.49. The van der Waals surface area contributed by atoms with Crippen LogP contribution in [0.15, 0.2) is 53.9 Å². The van der Waals surface area contributed by atoms with Crippen LogP contribution in [0.2, 0.25) is 0 Å². The predicted molar refractivity (Wildman–Crippen MR) is 141 cm³/mol. The lowest BCUT2D eigenvalue weighted by Crippen LogP contribution is -2.43. The molecule has 172 valence electrons. The number of aromatic nitrogens is 1. The third-order valence-electron chi connectivity index (χ3n) is 6.06. The number of para-hydroxylation sites is 1. The average molecular weight is 479 g/mol. The number of likely N-dealkylation sites (tertiary alicyclic amines) is 1. The van der Waals surface area contributed by atoms with Crippen molar-refractivity contribution >= 4 is 40.3 Å². The van der Waals surface area contributed by atoms with Crippen molar-refractivity contribution in [3.63, 3.8) is 0 Å². The van der Waals surface area contributed by atoms with E-state index in [0.29, 0.717) is 11.6 Å². The third-order valence-corrected chi connectivity index (χ3v) is 7.47. The van der Waals surface area contributed by atoms with Crippen molar-refractivity contribution in [2.45, 2.75) is 39.0 Å². The van der Waals surface area contributed by atoms with Crippen molar-refractivity contribution < 1.29 is 4.79 Å². The zero-order chi connectivity index (χ0) is 23.2. The van der Waals surface area contributed by atoms with E-state index in [1.807, 2.05) is 29.6 Å². The largest absolute Gasteiger partial charge is 0.363 e. The Labute approximate surface area is 205 Å². The first-order valence-electron chi connectivity index (χ1n) is 11.6. The van der Waals surface area contributed by atoms with Crippen LogP contribution in [0.1, 0.15) is 53.7 Å². The first-order chi connectivity index (χ1) is 16.1. The van der Waals surface area contributed by atoms with Crippen LogP contribution < -0.4 is 10.6 Å². The Morgan fingerprint density at radius 2 is 1.85 bits per heavy atom.